The number of hydrogen-bond acceptors (Lipinski definition) is 2. The van der Waals surface area contributed by atoms with Crippen molar-refractivity contribution in [1.82, 2.24) is 0 Å². The first-order valence-electron chi connectivity index (χ1n) is 7.00. The molecule has 0 aliphatic rings. The van der Waals surface area contributed by atoms with E-state index in [0.717, 1.165) is 12.8 Å². The molecule has 0 aliphatic carbocycles. The second-order valence-electron chi connectivity index (χ2n) is 6.09. The van der Waals surface area contributed by atoms with Gasteiger partial charge in [-0.15, -0.1) is 0 Å². The lowest BCUT2D eigenvalue weighted by atomic mass is 9.80. The third-order valence-corrected chi connectivity index (χ3v) is 4.54. The van der Waals surface area contributed by atoms with Crippen LogP contribution in [-0.4, -0.2) is 12.6 Å². The van der Waals surface area contributed by atoms with E-state index in [1.165, 1.54) is 12.1 Å². The summed E-state index contributed by atoms with van der Waals surface area (Å²) in [4.78, 5) is 12.2. The van der Waals surface area contributed by atoms with Crippen molar-refractivity contribution in [2.24, 2.45) is 11.3 Å². The zero-order chi connectivity index (χ0) is 16.2. The summed E-state index contributed by atoms with van der Waals surface area (Å²) in [5, 5.41) is 0.779. The summed E-state index contributed by atoms with van der Waals surface area (Å²) >= 11 is 17.9. The van der Waals surface area contributed by atoms with E-state index in [9.17, 15) is 4.79 Å². The fourth-order valence-electron chi connectivity index (χ4n) is 2.31. The first-order chi connectivity index (χ1) is 9.68. The van der Waals surface area contributed by atoms with Gasteiger partial charge in [-0.3, -0.25) is 0 Å². The number of carbonyl (C=O) groups excluding carboxylic acids is 1. The molecule has 0 saturated carbocycles. The number of hydrogen-bond donors (Lipinski definition) is 0. The van der Waals surface area contributed by atoms with Crippen molar-refractivity contribution in [3.8, 4) is 0 Å². The number of esters is 1. The number of rotatable bonds is 6. The van der Waals surface area contributed by atoms with Gasteiger partial charge in [-0.2, -0.15) is 0 Å². The first kappa shape index (κ1) is 18.6. The zero-order valence-corrected chi connectivity index (χ0v) is 15.1. The van der Waals surface area contributed by atoms with Gasteiger partial charge in [-0.05, 0) is 30.9 Å². The molecule has 1 aromatic rings. The van der Waals surface area contributed by atoms with E-state index >= 15 is 0 Å². The molecule has 1 aromatic carbocycles. The summed E-state index contributed by atoms with van der Waals surface area (Å²) in [5.74, 6) is 0.0469. The molecule has 0 amide bonds. The third-order valence-electron chi connectivity index (χ3n) is 3.52. The van der Waals surface area contributed by atoms with Gasteiger partial charge in [-0.1, -0.05) is 62.5 Å². The van der Waals surface area contributed by atoms with Crippen LogP contribution in [0.2, 0.25) is 15.1 Å². The largest absolute Gasteiger partial charge is 0.461 e. The Balaban J connectivity index is 2.82. The molecule has 1 atom stereocenters. The van der Waals surface area contributed by atoms with Crippen molar-refractivity contribution < 1.29 is 9.53 Å². The predicted molar refractivity (Wildman–Crippen MR) is 89.6 cm³/mol. The Labute approximate surface area is 141 Å². The molecule has 0 fully saturated rings. The minimum absolute atomic E-state index is 0.0430. The highest BCUT2D eigenvalue weighted by Crippen LogP contribution is 2.33. The fourth-order valence-corrected chi connectivity index (χ4v) is 2.99. The Hall–Kier alpha value is -0.440. The fraction of sp³-hybridized carbons (Fsp3) is 0.562. The SMILES string of the molecule is CCC(C)(COC(=O)c1cc(Cl)cc(Cl)c1Cl)CC(C)C. The second kappa shape index (κ2) is 7.71. The average Bonchev–Trinajstić information content (AvgIpc) is 2.39. The van der Waals surface area contributed by atoms with Crippen LogP contribution in [0.3, 0.4) is 0 Å². The van der Waals surface area contributed by atoms with Crippen LogP contribution in [0.5, 0.6) is 0 Å². The maximum absolute atomic E-state index is 12.2. The Morgan fingerprint density at radius 1 is 1.29 bits per heavy atom. The van der Waals surface area contributed by atoms with E-state index in [1.807, 2.05) is 0 Å². The van der Waals surface area contributed by atoms with Crippen molar-refractivity contribution in [3.05, 3.63) is 32.8 Å². The van der Waals surface area contributed by atoms with Gasteiger partial charge >= 0.3 is 5.97 Å². The molecular weight excluding hydrogens is 331 g/mol. The van der Waals surface area contributed by atoms with Crippen molar-refractivity contribution >= 4 is 40.8 Å². The van der Waals surface area contributed by atoms with Gasteiger partial charge in [-0.25, -0.2) is 4.79 Å². The molecule has 0 heterocycles. The summed E-state index contributed by atoms with van der Waals surface area (Å²) in [6.45, 7) is 8.87. The number of carbonyl (C=O) groups is 1. The Morgan fingerprint density at radius 3 is 2.43 bits per heavy atom. The summed E-state index contributed by atoms with van der Waals surface area (Å²) < 4.78 is 5.44. The molecule has 0 bridgehead atoms. The number of benzene rings is 1. The lowest BCUT2D eigenvalue weighted by Gasteiger charge is -2.29. The molecule has 1 rings (SSSR count). The number of halogens is 3. The predicted octanol–water partition coefficient (Wildman–Crippen LogP) is 6.27. The van der Waals surface area contributed by atoms with E-state index in [-0.39, 0.29) is 21.0 Å². The average molecular weight is 352 g/mol. The molecule has 5 heteroatoms. The van der Waals surface area contributed by atoms with Gasteiger partial charge in [0, 0.05) is 10.4 Å². The smallest absolute Gasteiger partial charge is 0.339 e. The highest BCUT2D eigenvalue weighted by molar-refractivity contribution is 6.45. The van der Waals surface area contributed by atoms with E-state index < -0.39 is 5.97 Å². The molecule has 0 radical (unpaired) electrons. The van der Waals surface area contributed by atoms with Crippen LogP contribution in [0, 0.1) is 11.3 Å². The quantitative estimate of drug-likeness (QED) is 0.446. The minimum Gasteiger partial charge on any atom is -0.461 e. The molecule has 0 aromatic heterocycles. The Bertz CT molecular complexity index is 514. The molecule has 0 saturated heterocycles. The van der Waals surface area contributed by atoms with Crippen LogP contribution in [0.15, 0.2) is 12.1 Å². The van der Waals surface area contributed by atoms with E-state index in [2.05, 4.69) is 27.7 Å². The molecule has 0 N–H and O–H groups in total. The van der Waals surface area contributed by atoms with E-state index in [4.69, 9.17) is 39.5 Å². The van der Waals surface area contributed by atoms with E-state index in [0.29, 0.717) is 17.5 Å². The lowest BCUT2D eigenvalue weighted by Crippen LogP contribution is -2.26. The molecule has 0 spiro atoms. The summed E-state index contributed by atoms with van der Waals surface area (Å²) in [5.41, 5.74) is 0.163. The molecule has 2 nitrogen and oxygen atoms in total. The Kier molecular flexibility index (Phi) is 6.83. The topological polar surface area (TPSA) is 26.3 Å². The van der Waals surface area contributed by atoms with Crippen molar-refractivity contribution in [2.75, 3.05) is 6.61 Å². The van der Waals surface area contributed by atoms with Crippen molar-refractivity contribution in [3.63, 3.8) is 0 Å². The third kappa shape index (κ3) is 5.36. The highest BCUT2D eigenvalue weighted by atomic mass is 35.5. The summed E-state index contributed by atoms with van der Waals surface area (Å²) in [6, 6.07) is 2.97. The standard InChI is InChI=1S/C16H21Cl3O2/c1-5-16(4,8-10(2)3)9-21-15(20)12-6-11(17)7-13(18)14(12)19/h6-7,10H,5,8-9H2,1-4H3. The van der Waals surface area contributed by atoms with E-state index in [1.54, 1.807) is 0 Å². The minimum atomic E-state index is -0.493. The van der Waals surface area contributed by atoms with Gasteiger partial charge < -0.3 is 4.74 Å². The van der Waals surface area contributed by atoms with Crippen molar-refractivity contribution in [2.45, 2.75) is 40.5 Å². The van der Waals surface area contributed by atoms with Crippen LogP contribution in [0.1, 0.15) is 50.9 Å². The molecule has 21 heavy (non-hydrogen) atoms. The lowest BCUT2D eigenvalue weighted by molar-refractivity contribution is 0.0259. The van der Waals surface area contributed by atoms with Crippen molar-refractivity contribution in [1.29, 1.82) is 0 Å². The second-order valence-corrected chi connectivity index (χ2v) is 7.31. The molecule has 118 valence electrons. The zero-order valence-electron chi connectivity index (χ0n) is 12.8. The summed E-state index contributed by atoms with van der Waals surface area (Å²) in [7, 11) is 0. The van der Waals surface area contributed by atoms with Gasteiger partial charge in [0.1, 0.15) is 0 Å². The van der Waals surface area contributed by atoms with Crippen LogP contribution in [0.25, 0.3) is 0 Å². The molecule has 1 unspecified atom stereocenters. The van der Waals surface area contributed by atoms with Gasteiger partial charge in [0.15, 0.2) is 0 Å². The number of ether oxygens (including phenoxy) is 1. The van der Waals surface area contributed by atoms with Crippen LogP contribution >= 0.6 is 34.8 Å². The monoisotopic (exact) mass is 350 g/mol. The van der Waals surface area contributed by atoms with Crippen LogP contribution < -0.4 is 0 Å². The Morgan fingerprint density at radius 2 is 1.90 bits per heavy atom. The maximum atomic E-state index is 12.2. The van der Waals surface area contributed by atoms with Crippen LogP contribution in [0.4, 0.5) is 0 Å². The molecular formula is C16H21Cl3O2. The van der Waals surface area contributed by atoms with Gasteiger partial charge in [0.2, 0.25) is 0 Å². The first-order valence-corrected chi connectivity index (χ1v) is 8.13. The highest BCUT2D eigenvalue weighted by Gasteiger charge is 2.26. The maximum Gasteiger partial charge on any atom is 0.339 e. The summed E-state index contributed by atoms with van der Waals surface area (Å²) in [6.07, 6.45) is 1.92. The van der Waals surface area contributed by atoms with Crippen LogP contribution in [-0.2, 0) is 4.74 Å². The van der Waals surface area contributed by atoms with Gasteiger partial charge in [0.25, 0.3) is 0 Å². The molecule has 0 aliphatic heterocycles. The van der Waals surface area contributed by atoms with Gasteiger partial charge in [0.05, 0.1) is 22.2 Å². The normalized spacial score (nSPS) is 14.1.